The lowest BCUT2D eigenvalue weighted by molar-refractivity contribution is -0.162. The first-order valence-corrected chi connectivity index (χ1v) is 10.1. The predicted octanol–water partition coefficient (Wildman–Crippen LogP) is 0.206. The summed E-state index contributed by atoms with van der Waals surface area (Å²) >= 11 is 1.19. The Morgan fingerprint density at radius 1 is 1.46 bits per heavy atom. The Morgan fingerprint density at radius 2 is 2.21 bits per heavy atom. The number of β-lactam (4-membered cyclic amide) rings is 1. The molecule has 8 nitrogen and oxygen atoms in total. The molecule has 3 aliphatic rings. The maximum atomic E-state index is 12.5. The topological polar surface area (TPSA) is 130 Å². The first-order valence-electron chi connectivity index (χ1n) is 9.01. The standard InChI is InChI=1S/C19H23N3O5S/c1-2-6-12(23)19(18(26)27)9-22-16(25)14(17(22)28-10-19)21-15(24)13(20)11-7-4-3-5-8-11/h2-4,8,13-14,17H,1,5-7,9-10,20H2,(H,21,24)(H,26,27)/t13?,14?,17-,19?/m1/s1. The van der Waals surface area contributed by atoms with Gasteiger partial charge in [-0.15, -0.1) is 18.3 Å². The number of carbonyl (C=O) groups excluding carboxylic acids is 3. The van der Waals surface area contributed by atoms with Crippen LogP contribution in [0.25, 0.3) is 0 Å². The van der Waals surface area contributed by atoms with Crippen LogP contribution in [-0.4, -0.2) is 63.3 Å². The molecule has 1 aliphatic carbocycles. The van der Waals surface area contributed by atoms with E-state index in [2.05, 4.69) is 11.9 Å². The van der Waals surface area contributed by atoms with Crippen molar-refractivity contribution in [3.8, 4) is 0 Å². The summed E-state index contributed by atoms with van der Waals surface area (Å²) in [5.74, 6) is -2.51. The van der Waals surface area contributed by atoms with E-state index in [0.29, 0.717) is 6.42 Å². The van der Waals surface area contributed by atoms with Gasteiger partial charge in [0.05, 0.1) is 0 Å². The number of rotatable bonds is 7. The van der Waals surface area contributed by atoms with Crippen molar-refractivity contribution in [2.24, 2.45) is 11.1 Å². The molecule has 0 aromatic carbocycles. The Bertz CT molecular complexity index is 792. The van der Waals surface area contributed by atoms with E-state index in [-0.39, 0.29) is 18.7 Å². The SMILES string of the molecule is C=CCC(=O)C1(C(=O)O)CS[C@@H]2C(NC(=O)C(N)C3=CCC=CC3)C(=O)N2C1. The maximum absolute atomic E-state index is 12.5. The number of carboxylic acid groups (broad SMARTS) is 1. The smallest absolute Gasteiger partial charge is 0.319 e. The van der Waals surface area contributed by atoms with E-state index in [4.69, 9.17) is 5.73 Å². The molecule has 0 saturated carbocycles. The molecule has 2 heterocycles. The van der Waals surface area contributed by atoms with Crippen LogP contribution in [0.15, 0.2) is 36.5 Å². The summed E-state index contributed by atoms with van der Waals surface area (Å²) in [4.78, 5) is 50.5. The number of aliphatic carboxylic acids is 1. The molecule has 28 heavy (non-hydrogen) atoms. The van der Waals surface area contributed by atoms with E-state index in [1.165, 1.54) is 22.7 Å². The number of thioether (sulfide) groups is 1. The molecule has 2 saturated heterocycles. The van der Waals surface area contributed by atoms with Gasteiger partial charge in [-0.05, 0) is 18.4 Å². The Hall–Kier alpha value is -2.39. The quantitative estimate of drug-likeness (QED) is 0.313. The lowest BCUT2D eigenvalue weighted by Crippen LogP contribution is -2.75. The fraction of sp³-hybridized carbons (Fsp3) is 0.474. The molecule has 0 aromatic heterocycles. The summed E-state index contributed by atoms with van der Waals surface area (Å²) in [6.45, 7) is 3.28. The third-order valence-corrected chi connectivity index (χ3v) is 6.90. The van der Waals surface area contributed by atoms with Crippen molar-refractivity contribution in [2.45, 2.75) is 36.7 Å². The van der Waals surface area contributed by atoms with Gasteiger partial charge in [0.2, 0.25) is 11.8 Å². The number of amides is 2. The first-order chi connectivity index (χ1) is 13.3. The number of ketones is 1. The molecular weight excluding hydrogens is 382 g/mol. The summed E-state index contributed by atoms with van der Waals surface area (Å²) in [6, 6.07) is -1.59. The van der Waals surface area contributed by atoms with Crippen LogP contribution in [0.3, 0.4) is 0 Å². The molecule has 0 bridgehead atoms. The highest BCUT2D eigenvalue weighted by molar-refractivity contribution is 8.00. The lowest BCUT2D eigenvalue weighted by atomic mass is 9.81. The third-order valence-electron chi connectivity index (χ3n) is 5.37. The largest absolute Gasteiger partial charge is 0.480 e. The molecule has 3 unspecified atom stereocenters. The molecule has 150 valence electrons. The maximum Gasteiger partial charge on any atom is 0.319 e. The lowest BCUT2D eigenvalue weighted by Gasteiger charge is -2.53. The van der Waals surface area contributed by atoms with Gasteiger partial charge < -0.3 is 21.1 Å². The summed E-state index contributed by atoms with van der Waals surface area (Å²) in [5, 5.41) is 11.9. The zero-order valence-corrected chi connectivity index (χ0v) is 16.1. The van der Waals surface area contributed by atoms with Gasteiger partial charge in [-0.3, -0.25) is 19.2 Å². The van der Waals surface area contributed by atoms with E-state index < -0.39 is 46.4 Å². The van der Waals surface area contributed by atoms with Crippen LogP contribution < -0.4 is 11.1 Å². The van der Waals surface area contributed by atoms with Crippen LogP contribution in [0, 0.1) is 5.41 Å². The van der Waals surface area contributed by atoms with Gasteiger partial charge in [-0.2, -0.15) is 0 Å². The highest BCUT2D eigenvalue weighted by Crippen LogP contribution is 2.43. The van der Waals surface area contributed by atoms with Crippen molar-refractivity contribution in [3.63, 3.8) is 0 Å². The van der Waals surface area contributed by atoms with E-state index >= 15 is 0 Å². The van der Waals surface area contributed by atoms with Crippen LogP contribution >= 0.6 is 11.8 Å². The molecular formula is C19H23N3O5S. The molecule has 2 fully saturated rings. The molecule has 0 radical (unpaired) electrons. The normalized spacial score (nSPS) is 29.8. The number of fused-ring (bicyclic) bond motifs is 1. The van der Waals surface area contributed by atoms with Crippen LogP contribution in [-0.2, 0) is 19.2 Å². The number of nitrogens with two attached hydrogens (primary N) is 1. The molecule has 2 amide bonds. The third kappa shape index (κ3) is 3.40. The Balaban J connectivity index is 1.65. The fourth-order valence-corrected chi connectivity index (χ4v) is 5.17. The van der Waals surface area contributed by atoms with Gasteiger partial charge in [-0.1, -0.05) is 24.3 Å². The Kier molecular flexibility index (Phi) is 5.76. The molecule has 4 N–H and O–H groups in total. The van der Waals surface area contributed by atoms with Crippen LogP contribution in [0.5, 0.6) is 0 Å². The number of carboxylic acids is 1. The Morgan fingerprint density at radius 3 is 2.82 bits per heavy atom. The number of nitrogens with zero attached hydrogens (tertiary/aromatic N) is 1. The van der Waals surface area contributed by atoms with E-state index in [1.54, 1.807) is 0 Å². The number of hydrogen-bond acceptors (Lipinski definition) is 6. The van der Waals surface area contributed by atoms with Crippen molar-refractivity contribution < 1.29 is 24.3 Å². The van der Waals surface area contributed by atoms with Gasteiger partial charge >= 0.3 is 5.97 Å². The minimum absolute atomic E-state index is 0.0395. The number of allylic oxidation sites excluding steroid dienone is 4. The summed E-state index contributed by atoms with van der Waals surface area (Å²) in [6.07, 6.45) is 8.45. The second-order valence-corrected chi connectivity index (χ2v) is 8.23. The van der Waals surface area contributed by atoms with E-state index in [9.17, 15) is 24.3 Å². The molecule has 3 rings (SSSR count). The van der Waals surface area contributed by atoms with Gasteiger partial charge in [0.1, 0.15) is 17.5 Å². The molecule has 9 heteroatoms. The summed E-state index contributed by atoms with van der Waals surface area (Å²) in [5.41, 5.74) is 5.17. The number of nitrogens with one attached hydrogen (secondary N) is 1. The molecule has 2 aliphatic heterocycles. The first kappa shape index (κ1) is 20.3. The average molecular weight is 405 g/mol. The van der Waals surface area contributed by atoms with Crippen molar-refractivity contribution in [3.05, 3.63) is 36.5 Å². The van der Waals surface area contributed by atoms with Crippen molar-refractivity contribution in [1.29, 1.82) is 0 Å². The minimum Gasteiger partial charge on any atom is -0.480 e. The second-order valence-electron chi connectivity index (χ2n) is 7.13. The van der Waals surface area contributed by atoms with Gasteiger partial charge in [0, 0.05) is 18.7 Å². The van der Waals surface area contributed by atoms with Crippen molar-refractivity contribution >= 4 is 35.3 Å². The van der Waals surface area contributed by atoms with Crippen molar-refractivity contribution in [2.75, 3.05) is 12.3 Å². The average Bonchev–Trinajstić information content (AvgIpc) is 2.71. The Labute approximate surface area is 166 Å². The van der Waals surface area contributed by atoms with Crippen LogP contribution in [0.4, 0.5) is 0 Å². The van der Waals surface area contributed by atoms with Gasteiger partial charge in [-0.25, -0.2) is 0 Å². The van der Waals surface area contributed by atoms with Gasteiger partial charge in [0.15, 0.2) is 11.2 Å². The molecule has 0 aromatic rings. The monoisotopic (exact) mass is 405 g/mol. The highest BCUT2D eigenvalue weighted by atomic mass is 32.2. The zero-order chi connectivity index (χ0) is 20.5. The van der Waals surface area contributed by atoms with E-state index in [0.717, 1.165) is 12.0 Å². The summed E-state index contributed by atoms with van der Waals surface area (Å²) in [7, 11) is 0. The highest BCUT2D eigenvalue weighted by Gasteiger charge is 2.59. The molecule has 4 atom stereocenters. The minimum atomic E-state index is -1.64. The predicted molar refractivity (Wildman–Crippen MR) is 104 cm³/mol. The van der Waals surface area contributed by atoms with Crippen molar-refractivity contribution in [1.82, 2.24) is 10.2 Å². The van der Waals surface area contributed by atoms with Crippen LogP contribution in [0.1, 0.15) is 19.3 Å². The van der Waals surface area contributed by atoms with Gasteiger partial charge in [0.25, 0.3) is 0 Å². The number of Topliss-reactive ketones (excluding diaryl/α,β-unsaturated/α-hetero) is 1. The second kappa shape index (κ2) is 7.92. The fourth-order valence-electron chi connectivity index (χ4n) is 3.60. The van der Waals surface area contributed by atoms with E-state index in [1.807, 2.05) is 18.2 Å². The summed E-state index contributed by atoms with van der Waals surface area (Å²) < 4.78 is 0. The number of hydrogen-bond donors (Lipinski definition) is 3. The van der Waals surface area contributed by atoms with Crippen LogP contribution in [0.2, 0.25) is 0 Å². The number of carbonyl (C=O) groups is 4. The molecule has 0 spiro atoms. The zero-order valence-electron chi connectivity index (χ0n) is 15.3.